The van der Waals surface area contributed by atoms with Gasteiger partial charge in [-0.3, -0.25) is 4.79 Å². The largest absolute Gasteiger partial charge is 0.496 e. The first-order chi connectivity index (χ1) is 10.1. The molecule has 1 aromatic heterocycles. The Morgan fingerprint density at radius 1 is 1.38 bits per heavy atom. The molecule has 0 aliphatic carbocycles. The second-order valence-corrected chi connectivity index (χ2v) is 5.84. The summed E-state index contributed by atoms with van der Waals surface area (Å²) in [7, 11) is 4.98. The molecular weight excluding hydrogens is 310 g/mol. The van der Waals surface area contributed by atoms with Crippen molar-refractivity contribution in [3.63, 3.8) is 0 Å². The van der Waals surface area contributed by atoms with Crippen molar-refractivity contribution in [1.29, 1.82) is 0 Å². The molecule has 0 atom stereocenters. The van der Waals surface area contributed by atoms with Crippen LogP contribution >= 0.6 is 23.3 Å². The predicted molar refractivity (Wildman–Crippen MR) is 82.2 cm³/mol. The van der Waals surface area contributed by atoms with E-state index in [0.717, 1.165) is 34.6 Å². The van der Waals surface area contributed by atoms with E-state index < -0.39 is 0 Å². The lowest BCUT2D eigenvalue weighted by Crippen LogP contribution is -2.16. The van der Waals surface area contributed by atoms with Crippen LogP contribution in [0.1, 0.15) is 5.56 Å². The van der Waals surface area contributed by atoms with E-state index in [1.54, 1.807) is 21.2 Å². The summed E-state index contributed by atoms with van der Waals surface area (Å²) in [5.74, 6) is 0.763. The SMILES string of the molecule is COc1ccccc1COc1nc(SC(=O)N(C)C)ns1. The van der Waals surface area contributed by atoms with Gasteiger partial charge in [-0.2, -0.15) is 9.36 Å². The van der Waals surface area contributed by atoms with Crippen LogP contribution in [-0.4, -0.2) is 40.7 Å². The Morgan fingerprint density at radius 3 is 2.86 bits per heavy atom. The normalized spacial score (nSPS) is 10.2. The first-order valence-corrected chi connectivity index (χ1v) is 7.66. The van der Waals surface area contributed by atoms with Crippen molar-refractivity contribution in [2.24, 2.45) is 0 Å². The van der Waals surface area contributed by atoms with Gasteiger partial charge in [0, 0.05) is 43.0 Å². The van der Waals surface area contributed by atoms with E-state index in [0.29, 0.717) is 17.0 Å². The van der Waals surface area contributed by atoms with Crippen LogP contribution < -0.4 is 9.47 Å². The highest BCUT2D eigenvalue weighted by Gasteiger charge is 2.13. The number of para-hydroxylation sites is 1. The minimum Gasteiger partial charge on any atom is -0.496 e. The fourth-order valence-electron chi connectivity index (χ4n) is 1.43. The van der Waals surface area contributed by atoms with Gasteiger partial charge in [-0.25, -0.2) is 0 Å². The Labute approximate surface area is 131 Å². The van der Waals surface area contributed by atoms with E-state index in [4.69, 9.17) is 9.47 Å². The van der Waals surface area contributed by atoms with Gasteiger partial charge in [-0.05, 0) is 6.07 Å². The van der Waals surface area contributed by atoms with Crippen molar-refractivity contribution < 1.29 is 14.3 Å². The Kier molecular flexibility index (Phi) is 5.40. The zero-order valence-corrected chi connectivity index (χ0v) is 13.5. The van der Waals surface area contributed by atoms with Crippen molar-refractivity contribution in [2.75, 3.05) is 21.2 Å². The molecule has 0 aliphatic heterocycles. The number of amides is 1. The van der Waals surface area contributed by atoms with Crippen LogP contribution in [0.25, 0.3) is 0 Å². The van der Waals surface area contributed by atoms with Crippen LogP contribution in [0.3, 0.4) is 0 Å². The van der Waals surface area contributed by atoms with E-state index in [1.165, 1.54) is 4.90 Å². The van der Waals surface area contributed by atoms with E-state index in [2.05, 4.69) is 9.36 Å². The number of nitrogens with zero attached hydrogens (tertiary/aromatic N) is 3. The summed E-state index contributed by atoms with van der Waals surface area (Å²) in [5.41, 5.74) is 0.925. The van der Waals surface area contributed by atoms with Crippen molar-refractivity contribution in [3.05, 3.63) is 29.8 Å². The number of thioether (sulfide) groups is 1. The molecule has 6 nitrogen and oxygen atoms in total. The van der Waals surface area contributed by atoms with Gasteiger partial charge < -0.3 is 14.4 Å². The molecule has 0 bridgehead atoms. The van der Waals surface area contributed by atoms with E-state index >= 15 is 0 Å². The van der Waals surface area contributed by atoms with Gasteiger partial charge in [0.25, 0.3) is 10.4 Å². The molecule has 21 heavy (non-hydrogen) atoms. The van der Waals surface area contributed by atoms with Gasteiger partial charge in [-0.1, -0.05) is 18.2 Å². The van der Waals surface area contributed by atoms with Gasteiger partial charge in [0.1, 0.15) is 12.4 Å². The number of hydrogen-bond donors (Lipinski definition) is 0. The second kappa shape index (κ2) is 7.28. The number of ether oxygens (including phenoxy) is 2. The lowest BCUT2D eigenvalue weighted by atomic mass is 10.2. The molecule has 112 valence electrons. The molecule has 0 fully saturated rings. The van der Waals surface area contributed by atoms with Crippen LogP contribution in [0.4, 0.5) is 4.79 Å². The van der Waals surface area contributed by atoms with Crippen LogP contribution in [0, 0.1) is 0 Å². The number of methoxy groups -OCH3 is 1. The summed E-state index contributed by atoms with van der Waals surface area (Å²) >= 11 is 2.09. The zero-order chi connectivity index (χ0) is 15.2. The summed E-state index contributed by atoms with van der Waals surface area (Å²) in [5, 5.41) is 0.702. The van der Waals surface area contributed by atoms with E-state index in [-0.39, 0.29) is 5.24 Å². The average Bonchev–Trinajstić information content (AvgIpc) is 2.92. The van der Waals surface area contributed by atoms with E-state index in [9.17, 15) is 4.79 Å². The van der Waals surface area contributed by atoms with Crippen LogP contribution in [0.15, 0.2) is 29.4 Å². The maximum absolute atomic E-state index is 11.5. The third kappa shape index (κ3) is 4.33. The third-order valence-corrected chi connectivity index (χ3v) is 4.13. The van der Waals surface area contributed by atoms with Crippen molar-refractivity contribution in [1.82, 2.24) is 14.3 Å². The monoisotopic (exact) mass is 325 g/mol. The number of rotatable bonds is 5. The first-order valence-electron chi connectivity index (χ1n) is 6.07. The topological polar surface area (TPSA) is 64.6 Å². The minimum atomic E-state index is -0.121. The number of carbonyl (C=O) groups is 1. The van der Waals surface area contributed by atoms with Crippen molar-refractivity contribution in [2.45, 2.75) is 11.8 Å². The lowest BCUT2D eigenvalue weighted by molar-refractivity contribution is 0.241. The summed E-state index contributed by atoms with van der Waals surface area (Å²) in [6.45, 7) is 0.338. The molecule has 0 unspecified atom stereocenters. The predicted octanol–water partition coefficient (Wildman–Crippen LogP) is 2.90. The summed E-state index contributed by atoms with van der Waals surface area (Å²) in [6.07, 6.45) is 0. The Hall–Kier alpha value is -1.80. The van der Waals surface area contributed by atoms with Crippen LogP contribution in [-0.2, 0) is 6.61 Å². The summed E-state index contributed by atoms with van der Waals surface area (Å²) < 4.78 is 14.9. The molecule has 0 spiro atoms. The van der Waals surface area contributed by atoms with Crippen molar-refractivity contribution in [3.8, 4) is 10.9 Å². The molecular formula is C13H15N3O3S2. The number of hydrogen-bond acceptors (Lipinski definition) is 7. The van der Waals surface area contributed by atoms with E-state index in [1.807, 2.05) is 24.3 Å². The van der Waals surface area contributed by atoms with Gasteiger partial charge in [-0.15, -0.1) is 0 Å². The fraction of sp³-hybridized carbons (Fsp3) is 0.308. The van der Waals surface area contributed by atoms with Gasteiger partial charge in [0.15, 0.2) is 0 Å². The summed E-state index contributed by atoms with van der Waals surface area (Å²) in [6, 6.07) is 7.61. The quantitative estimate of drug-likeness (QED) is 0.788. The molecule has 0 aliphatic rings. The van der Waals surface area contributed by atoms with Crippen molar-refractivity contribution >= 4 is 28.5 Å². The fourth-order valence-corrected chi connectivity index (χ4v) is 2.65. The molecule has 1 heterocycles. The smallest absolute Gasteiger partial charge is 0.294 e. The number of benzene rings is 1. The first kappa shape index (κ1) is 15.6. The zero-order valence-electron chi connectivity index (χ0n) is 11.9. The van der Waals surface area contributed by atoms with Gasteiger partial charge >= 0.3 is 0 Å². The molecule has 8 heteroatoms. The molecule has 1 amide bonds. The Bertz CT molecular complexity index is 616. The maximum atomic E-state index is 11.5. The van der Waals surface area contributed by atoms with Crippen LogP contribution in [0.2, 0.25) is 0 Å². The number of carbonyl (C=O) groups excluding carboxylic acids is 1. The van der Waals surface area contributed by atoms with Crippen LogP contribution in [0.5, 0.6) is 10.9 Å². The molecule has 0 radical (unpaired) electrons. The van der Waals surface area contributed by atoms with Gasteiger partial charge in [0.05, 0.1) is 7.11 Å². The molecule has 0 saturated carbocycles. The highest BCUT2D eigenvalue weighted by Crippen LogP contribution is 2.25. The average molecular weight is 325 g/mol. The Morgan fingerprint density at radius 2 is 2.14 bits per heavy atom. The highest BCUT2D eigenvalue weighted by atomic mass is 32.2. The lowest BCUT2D eigenvalue weighted by Gasteiger charge is -2.07. The third-order valence-electron chi connectivity index (χ3n) is 2.48. The Balaban J connectivity index is 1.95. The molecule has 2 rings (SSSR count). The standard InChI is InChI=1S/C13H15N3O3S2/c1-16(2)13(17)20-11-14-12(21-15-11)19-8-9-6-4-5-7-10(9)18-3/h4-7H,8H2,1-3H3. The number of aromatic nitrogens is 2. The molecule has 1 aromatic carbocycles. The minimum absolute atomic E-state index is 0.121. The maximum Gasteiger partial charge on any atom is 0.294 e. The molecule has 0 N–H and O–H groups in total. The highest BCUT2D eigenvalue weighted by molar-refractivity contribution is 8.13. The van der Waals surface area contributed by atoms with Gasteiger partial charge in [0.2, 0.25) is 5.16 Å². The second-order valence-electron chi connectivity index (χ2n) is 4.21. The molecule has 0 saturated heterocycles. The molecule has 2 aromatic rings. The summed E-state index contributed by atoms with van der Waals surface area (Å²) in [4.78, 5) is 17.2.